The Labute approximate surface area is 241 Å². The summed E-state index contributed by atoms with van der Waals surface area (Å²) in [4.78, 5) is 18.3. The fourth-order valence-corrected chi connectivity index (χ4v) is 5.17. The number of rotatable bonds is 13. The highest BCUT2D eigenvalue weighted by molar-refractivity contribution is 5.66. The molecule has 3 rings (SSSR count). The van der Waals surface area contributed by atoms with Gasteiger partial charge in [-0.1, -0.05) is 86.9 Å². The molecule has 2 unspecified atom stereocenters. The van der Waals surface area contributed by atoms with Gasteiger partial charge in [-0.25, -0.2) is 0 Å². The molecule has 0 aromatic carbocycles. The Morgan fingerprint density at radius 2 is 2.05 bits per heavy atom. The lowest BCUT2D eigenvalue weighted by Crippen LogP contribution is -2.27. The van der Waals surface area contributed by atoms with Crippen molar-refractivity contribution in [1.82, 2.24) is 9.88 Å². The molecule has 0 saturated carbocycles. The second kappa shape index (κ2) is 17.0. The second-order valence-electron chi connectivity index (χ2n) is 10.3. The molecular formula is C35H45N3O2. The number of carboxylic acid groups (broad SMARTS) is 1. The molecule has 1 saturated heterocycles. The van der Waals surface area contributed by atoms with Crippen molar-refractivity contribution in [3.8, 4) is 6.07 Å². The van der Waals surface area contributed by atoms with E-state index in [0.717, 1.165) is 68.7 Å². The van der Waals surface area contributed by atoms with Gasteiger partial charge in [0.05, 0.1) is 22.9 Å². The van der Waals surface area contributed by atoms with Gasteiger partial charge in [0.2, 0.25) is 0 Å². The summed E-state index contributed by atoms with van der Waals surface area (Å²) < 4.78 is 0. The van der Waals surface area contributed by atoms with Gasteiger partial charge in [-0.15, -0.1) is 0 Å². The van der Waals surface area contributed by atoms with Crippen molar-refractivity contribution in [3.63, 3.8) is 0 Å². The zero-order chi connectivity index (χ0) is 29.4. The van der Waals surface area contributed by atoms with E-state index in [1.807, 2.05) is 6.08 Å². The lowest BCUT2D eigenvalue weighted by molar-refractivity contribution is -0.137. The van der Waals surface area contributed by atoms with Crippen molar-refractivity contribution in [3.05, 3.63) is 102 Å². The molecule has 5 heteroatoms. The second-order valence-corrected chi connectivity index (χ2v) is 10.3. The molecule has 1 aromatic rings. The zero-order valence-electron chi connectivity index (χ0n) is 24.3. The van der Waals surface area contributed by atoms with Crippen molar-refractivity contribution in [1.29, 1.82) is 5.26 Å². The molecule has 0 radical (unpaired) electrons. The van der Waals surface area contributed by atoms with Gasteiger partial charge in [-0.05, 0) is 63.2 Å². The van der Waals surface area contributed by atoms with E-state index in [2.05, 4.69) is 93.2 Å². The van der Waals surface area contributed by atoms with Gasteiger partial charge in [-0.3, -0.25) is 14.7 Å². The predicted molar refractivity (Wildman–Crippen MR) is 168 cm³/mol. The largest absolute Gasteiger partial charge is 0.481 e. The van der Waals surface area contributed by atoms with Crippen molar-refractivity contribution in [2.24, 2.45) is 5.41 Å². The molecule has 1 aliphatic carbocycles. The van der Waals surface area contributed by atoms with Gasteiger partial charge in [-0.2, -0.15) is 5.26 Å². The number of carboxylic acids is 1. The summed E-state index contributed by atoms with van der Waals surface area (Å²) in [6.07, 6.45) is 25.3. The molecule has 5 nitrogen and oxygen atoms in total. The third kappa shape index (κ3) is 9.47. The average Bonchev–Trinajstić information content (AvgIpc) is 3.40. The first-order valence-electron chi connectivity index (χ1n) is 14.3. The van der Waals surface area contributed by atoms with Crippen LogP contribution in [-0.2, 0) is 11.2 Å². The molecule has 0 bridgehead atoms. The van der Waals surface area contributed by atoms with E-state index in [9.17, 15) is 10.1 Å². The van der Waals surface area contributed by atoms with Gasteiger partial charge >= 0.3 is 5.97 Å². The monoisotopic (exact) mass is 539 g/mol. The van der Waals surface area contributed by atoms with Crippen molar-refractivity contribution in [2.75, 3.05) is 19.6 Å². The number of nitriles is 1. The van der Waals surface area contributed by atoms with Crippen LogP contribution in [0.4, 0.5) is 0 Å². The molecule has 40 heavy (non-hydrogen) atoms. The van der Waals surface area contributed by atoms with E-state index in [4.69, 9.17) is 10.1 Å². The third-order valence-electron chi connectivity index (χ3n) is 7.46. The highest BCUT2D eigenvalue weighted by Gasteiger charge is 2.39. The molecule has 1 N–H and O–H groups in total. The lowest BCUT2D eigenvalue weighted by atomic mass is 9.81. The number of aliphatic carboxylic acids is 1. The molecule has 2 aliphatic rings. The lowest BCUT2D eigenvalue weighted by Gasteiger charge is -2.22. The number of hydrogen-bond acceptors (Lipinski definition) is 4. The molecule has 2 atom stereocenters. The standard InChI is InChI=1S/C31H39N3O2.C4H6/c1-4-12-24(3)31(22-32)18-20-34(23-31)19-11-16-26-21-27(15-9-10-17-29(35)36)30(33-28(26)5-2)25-13-7-6-8-14-25;1-3-4-2/h5-8,11-13,16,21,25H,2,4,9-10,14-15,17-20,23H2,1,3H3,(H,35,36);3-4H,1-2H2/b16-11+,24-12+;. The minimum atomic E-state index is -0.748. The first-order chi connectivity index (χ1) is 19.3. The van der Waals surface area contributed by atoms with Crippen LogP contribution in [0, 0.1) is 16.7 Å². The first-order valence-corrected chi connectivity index (χ1v) is 14.3. The van der Waals surface area contributed by atoms with E-state index in [1.54, 1.807) is 12.2 Å². The van der Waals surface area contributed by atoms with Crippen LogP contribution >= 0.6 is 0 Å². The summed E-state index contributed by atoms with van der Waals surface area (Å²) in [6.45, 7) is 17.4. The highest BCUT2D eigenvalue weighted by atomic mass is 16.4. The molecule has 0 amide bonds. The smallest absolute Gasteiger partial charge is 0.303 e. The van der Waals surface area contributed by atoms with E-state index in [-0.39, 0.29) is 17.8 Å². The number of likely N-dealkylation sites (tertiary alicyclic amines) is 1. The van der Waals surface area contributed by atoms with Gasteiger partial charge in [0, 0.05) is 37.5 Å². The Morgan fingerprint density at radius 1 is 1.27 bits per heavy atom. The molecule has 0 spiro atoms. The Kier molecular flexibility index (Phi) is 13.8. The number of unbranched alkanes of at least 4 members (excludes halogenated alkanes) is 1. The number of hydrogen-bond donors (Lipinski definition) is 1. The van der Waals surface area contributed by atoms with Crippen LogP contribution in [0.5, 0.6) is 0 Å². The first kappa shape index (κ1) is 32.5. The fourth-order valence-electron chi connectivity index (χ4n) is 5.17. The summed E-state index contributed by atoms with van der Waals surface area (Å²) in [6, 6.07) is 4.80. The molecular weight excluding hydrogens is 494 g/mol. The van der Waals surface area contributed by atoms with Crippen LogP contribution in [0.25, 0.3) is 12.2 Å². The normalized spacial score (nSPS) is 20.5. The molecule has 212 valence electrons. The fraction of sp³-hybridized carbons (Fsp3) is 0.400. The van der Waals surface area contributed by atoms with Crippen LogP contribution in [0.1, 0.15) is 80.8 Å². The average molecular weight is 540 g/mol. The molecule has 1 fully saturated rings. The Hall–Kier alpha value is -3.75. The number of aryl methyl sites for hydroxylation is 1. The maximum atomic E-state index is 10.9. The van der Waals surface area contributed by atoms with Gasteiger partial charge < -0.3 is 5.11 Å². The van der Waals surface area contributed by atoms with E-state index < -0.39 is 5.97 Å². The molecule has 1 aromatic heterocycles. The zero-order valence-corrected chi connectivity index (χ0v) is 24.3. The summed E-state index contributed by atoms with van der Waals surface area (Å²) >= 11 is 0. The maximum Gasteiger partial charge on any atom is 0.303 e. The Bertz CT molecular complexity index is 1190. The van der Waals surface area contributed by atoms with Crippen LogP contribution in [0.2, 0.25) is 0 Å². The SMILES string of the molecule is C=CC=C.C=Cc1nc(C2C=CC=CC2)c(CCCCC(=O)O)cc1/C=C/CN1CCC(C#N)(/C(C)=C/CC)C1. The number of aromatic nitrogens is 1. The van der Waals surface area contributed by atoms with Crippen LogP contribution < -0.4 is 0 Å². The van der Waals surface area contributed by atoms with Crippen molar-refractivity contribution >= 4 is 18.1 Å². The Balaban J connectivity index is 0.00000131. The number of allylic oxidation sites excluding steroid dienone is 7. The maximum absolute atomic E-state index is 10.9. The summed E-state index contributed by atoms with van der Waals surface area (Å²) in [5, 5.41) is 18.9. The van der Waals surface area contributed by atoms with Gasteiger partial charge in [0.25, 0.3) is 0 Å². The van der Waals surface area contributed by atoms with Crippen molar-refractivity contribution in [2.45, 2.75) is 64.7 Å². The molecule has 2 heterocycles. The minimum absolute atomic E-state index is 0.194. The third-order valence-corrected chi connectivity index (χ3v) is 7.46. The number of pyridine rings is 1. The Morgan fingerprint density at radius 3 is 2.65 bits per heavy atom. The molecule has 1 aliphatic heterocycles. The summed E-state index contributed by atoms with van der Waals surface area (Å²) in [5.41, 5.74) is 4.96. The number of nitrogens with zero attached hydrogens (tertiary/aromatic N) is 3. The van der Waals surface area contributed by atoms with E-state index >= 15 is 0 Å². The highest BCUT2D eigenvalue weighted by Crippen LogP contribution is 2.37. The van der Waals surface area contributed by atoms with Crippen LogP contribution in [0.15, 0.2) is 80.0 Å². The van der Waals surface area contributed by atoms with Crippen LogP contribution in [0.3, 0.4) is 0 Å². The topological polar surface area (TPSA) is 77.2 Å². The van der Waals surface area contributed by atoms with Crippen LogP contribution in [-0.4, -0.2) is 40.6 Å². The minimum Gasteiger partial charge on any atom is -0.481 e. The number of carbonyl (C=O) groups is 1. The van der Waals surface area contributed by atoms with E-state index in [0.29, 0.717) is 6.42 Å². The quantitative estimate of drug-likeness (QED) is 0.156. The van der Waals surface area contributed by atoms with Crippen molar-refractivity contribution < 1.29 is 9.90 Å². The predicted octanol–water partition coefficient (Wildman–Crippen LogP) is 8.07. The summed E-state index contributed by atoms with van der Waals surface area (Å²) in [7, 11) is 0. The van der Waals surface area contributed by atoms with E-state index in [1.165, 1.54) is 11.1 Å². The van der Waals surface area contributed by atoms with Gasteiger partial charge in [0.15, 0.2) is 0 Å². The summed E-state index contributed by atoms with van der Waals surface area (Å²) in [5.74, 6) is -0.522. The van der Waals surface area contributed by atoms with Gasteiger partial charge in [0.1, 0.15) is 0 Å².